The Morgan fingerprint density at radius 3 is 2.88 bits per heavy atom. The molecule has 25 heavy (non-hydrogen) atoms. The van der Waals surface area contributed by atoms with Gasteiger partial charge in [-0.2, -0.15) is 5.10 Å². The number of carbonyl (C=O) groups excluding carboxylic acids is 1. The number of halogens is 1. The highest BCUT2D eigenvalue weighted by molar-refractivity contribution is 9.10. The highest BCUT2D eigenvalue weighted by atomic mass is 79.9. The van der Waals surface area contributed by atoms with Gasteiger partial charge in [-0.05, 0) is 40.2 Å². The van der Waals surface area contributed by atoms with Crippen LogP contribution < -0.4 is 25.0 Å². The van der Waals surface area contributed by atoms with Crippen LogP contribution in [0.1, 0.15) is 5.56 Å². The number of hydrogen-bond donors (Lipinski definition) is 2. The number of nitrogens with one attached hydrogen (secondary N) is 2. The van der Waals surface area contributed by atoms with Crippen LogP contribution in [0.5, 0.6) is 17.2 Å². The monoisotopic (exact) mass is 405 g/mol. The predicted octanol–water partition coefficient (Wildman–Crippen LogP) is 2.75. The summed E-state index contributed by atoms with van der Waals surface area (Å²) in [6, 6.07) is 11.0. The lowest BCUT2D eigenvalue weighted by Crippen LogP contribution is -2.26. The van der Waals surface area contributed by atoms with Crippen molar-refractivity contribution >= 4 is 33.7 Å². The van der Waals surface area contributed by atoms with Gasteiger partial charge in [-0.3, -0.25) is 4.79 Å². The topological polar surface area (TPSA) is 81.2 Å². The molecule has 8 heteroatoms. The van der Waals surface area contributed by atoms with Crippen molar-refractivity contribution in [1.29, 1.82) is 0 Å². The summed E-state index contributed by atoms with van der Waals surface area (Å²) in [6.45, 7) is 0.272. The van der Waals surface area contributed by atoms with Gasteiger partial charge < -0.3 is 19.5 Å². The number of fused-ring (bicyclic) bond motifs is 1. The molecule has 0 spiro atoms. The molecule has 0 aromatic heterocycles. The van der Waals surface area contributed by atoms with Crippen molar-refractivity contribution in [2.75, 3.05) is 25.8 Å². The van der Waals surface area contributed by atoms with E-state index in [0.29, 0.717) is 17.2 Å². The minimum atomic E-state index is -0.279. The van der Waals surface area contributed by atoms with Gasteiger partial charge in [0.15, 0.2) is 11.5 Å². The van der Waals surface area contributed by atoms with Crippen molar-refractivity contribution in [3.63, 3.8) is 0 Å². The Labute approximate surface area is 153 Å². The number of anilines is 1. The molecule has 0 bridgehead atoms. The van der Waals surface area contributed by atoms with E-state index in [1.54, 1.807) is 19.2 Å². The van der Waals surface area contributed by atoms with Gasteiger partial charge in [0.1, 0.15) is 5.75 Å². The van der Waals surface area contributed by atoms with E-state index in [9.17, 15) is 4.79 Å². The molecule has 2 aromatic rings. The fourth-order valence-electron chi connectivity index (χ4n) is 2.21. The number of amides is 1. The van der Waals surface area contributed by atoms with E-state index < -0.39 is 0 Å². The lowest BCUT2D eigenvalue weighted by Gasteiger charge is -2.09. The summed E-state index contributed by atoms with van der Waals surface area (Å²) in [7, 11) is 1.58. The molecule has 2 N–H and O–H groups in total. The zero-order valence-corrected chi connectivity index (χ0v) is 15.0. The average molecular weight is 406 g/mol. The molecule has 3 rings (SSSR count). The van der Waals surface area contributed by atoms with E-state index in [2.05, 4.69) is 31.8 Å². The van der Waals surface area contributed by atoms with Crippen LogP contribution in [0.2, 0.25) is 0 Å². The van der Waals surface area contributed by atoms with Crippen LogP contribution >= 0.6 is 15.9 Å². The first-order valence-corrected chi connectivity index (χ1v) is 8.24. The van der Waals surface area contributed by atoms with Gasteiger partial charge in [-0.15, -0.1) is 0 Å². The summed E-state index contributed by atoms with van der Waals surface area (Å²) in [5.41, 5.74) is 3.97. The minimum absolute atomic E-state index is 0.0695. The molecule has 0 fully saturated rings. The summed E-state index contributed by atoms with van der Waals surface area (Å²) in [5.74, 6) is 1.71. The lowest BCUT2D eigenvalue weighted by atomic mass is 10.2. The van der Waals surface area contributed by atoms with Crippen LogP contribution in [-0.2, 0) is 4.79 Å². The quantitative estimate of drug-likeness (QED) is 0.570. The van der Waals surface area contributed by atoms with E-state index in [1.807, 2.05) is 24.3 Å². The van der Waals surface area contributed by atoms with Gasteiger partial charge in [-0.1, -0.05) is 12.1 Å². The molecule has 0 atom stereocenters. The maximum Gasteiger partial charge on any atom is 0.259 e. The second-order valence-electron chi connectivity index (χ2n) is 5.07. The summed E-state index contributed by atoms with van der Waals surface area (Å²) >= 11 is 3.43. The number of ether oxygens (including phenoxy) is 3. The molecule has 1 heterocycles. The summed E-state index contributed by atoms with van der Waals surface area (Å²) in [4.78, 5) is 11.9. The van der Waals surface area contributed by atoms with Crippen LogP contribution in [0, 0.1) is 0 Å². The Bertz CT molecular complexity index is 810. The van der Waals surface area contributed by atoms with Crippen molar-refractivity contribution in [2.45, 2.75) is 0 Å². The molecule has 130 valence electrons. The number of hydrogen-bond acceptors (Lipinski definition) is 6. The van der Waals surface area contributed by atoms with E-state index >= 15 is 0 Å². The number of nitrogens with zero attached hydrogens (tertiary/aromatic N) is 1. The number of rotatable bonds is 6. The number of benzene rings is 2. The molecule has 1 aliphatic heterocycles. The van der Waals surface area contributed by atoms with Crippen molar-refractivity contribution in [2.24, 2.45) is 5.10 Å². The lowest BCUT2D eigenvalue weighted by molar-refractivity contribution is -0.119. The average Bonchev–Trinajstić information content (AvgIpc) is 3.07. The van der Waals surface area contributed by atoms with Crippen molar-refractivity contribution < 1.29 is 19.0 Å². The largest absolute Gasteiger partial charge is 0.495 e. The standard InChI is InChI=1S/C17H16BrN3O4/c1-23-14-5-3-2-4-13(14)19-9-17(22)21-20-8-11-6-15-16(7-12(11)18)25-10-24-15/h2-8,19H,9-10H2,1H3,(H,21,22)/b20-8-. The fraction of sp³-hybridized carbons (Fsp3) is 0.176. The highest BCUT2D eigenvalue weighted by Gasteiger charge is 2.15. The van der Waals surface area contributed by atoms with Gasteiger partial charge >= 0.3 is 0 Å². The maximum atomic E-state index is 11.9. The smallest absolute Gasteiger partial charge is 0.259 e. The molecule has 7 nitrogen and oxygen atoms in total. The molecule has 0 radical (unpaired) electrons. The summed E-state index contributed by atoms with van der Waals surface area (Å²) in [6.07, 6.45) is 1.53. The van der Waals surface area contributed by atoms with Gasteiger partial charge in [0.25, 0.3) is 5.91 Å². The molecule has 0 unspecified atom stereocenters. The first kappa shape index (κ1) is 17.1. The van der Waals surface area contributed by atoms with Gasteiger partial charge in [-0.25, -0.2) is 5.43 Å². The second kappa shape index (κ2) is 7.89. The number of methoxy groups -OCH3 is 1. The van der Waals surface area contributed by atoms with Crippen LogP contribution in [0.3, 0.4) is 0 Å². The first-order valence-electron chi connectivity index (χ1n) is 7.45. The first-order chi connectivity index (χ1) is 12.2. The SMILES string of the molecule is COc1ccccc1NCC(=O)N/N=C\c1cc2c(cc1Br)OCO2. The second-order valence-corrected chi connectivity index (χ2v) is 5.93. The minimum Gasteiger partial charge on any atom is -0.495 e. The van der Waals surface area contributed by atoms with Crippen LogP contribution in [0.4, 0.5) is 5.69 Å². The molecule has 0 aliphatic carbocycles. The Hall–Kier alpha value is -2.74. The molecule has 0 saturated heterocycles. The Morgan fingerprint density at radius 2 is 2.08 bits per heavy atom. The third-order valence-corrected chi connectivity index (χ3v) is 4.12. The van der Waals surface area contributed by atoms with Gasteiger partial charge in [0, 0.05) is 10.0 Å². The van der Waals surface area contributed by atoms with E-state index in [4.69, 9.17) is 14.2 Å². The summed E-state index contributed by atoms with van der Waals surface area (Å²) < 4.78 is 16.6. The third kappa shape index (κ3) is 4.21. The predicted molar refractivity (Wildman–Crippen MR) is 97.5 cm³/mol. The van der Waals surface area contributed by atoms with E-state index in [-0.39, 0.29) is 19.2 Å². The van der Waals surface area contributed by atoms with Crippen molar-refractivity contribution in [1.82, 2.24) is 5.43 Å². The normalized spacial score (nSPS) is 12.2. The molecular weight excluding hydrogens is 390 g/mol. The van der Waals surface area contributed by atoms with Crippen molar-refractivity contribution in [3.05, 3.63) is 46.4 Å². The van der Waals surface area contributed by atoms with Crippen LogP contribution in [0.25, 0.3) is 0 Å². The van der Waals surface area contributed by atoms with Crippen LogP contribution in [-0.4, -0.2) is 32.6 Å². The molecule has 1 aliphatic rings. The fourth-order valence-corrected chi connectivity index (χ4v) is 2.64. The maximum absolute atomic E-state index is 11.9. The van der Waals surface area contributed by atoms with Gasteiger partial charge in [0.2, 0.25) is 6.79 Å². The number of carbonyl (C=O) groups is 1. The number of para-hydroxylation sites is 2. The van der Waals surface area contributed by atoms with Gasteiger partial charge in [0.05, 0.1) is 25.6 Å². The zero-order valence-electron chi connectivity index (χ0n) is 13.4. The molecular formula is C17H16BrN3O4. The molecule has 0 saturated carbocycles. The Kier molecular flexibility index (Phi) is 5.39. The third-order valence-electron chi connectivity index (χ3n) is 3.43. The molecule has 2 aromatic carbocycles. The van der Waals surface area contributed by atoms with Crippen LogP contribution in [0.15, 0.2) is 46.0 Å². The Morgan fingerprint density at radius 1 is 1.32 bits per heavy atom. The summed E-state index contributed by atoms with van der Waals surface area (Å²) in [5, 5.41) is 6.96. The van der Waals surface area contributed by atoms with E-state index in [0.717, 1.165) is 15.7 Å². The van der Waals surface area contributed by atoms with Crippen molar-refractivity contribution in [3.8, 4) is 17.2 Å². The zero-order chi connectivity index (χ0) is 17.6. The Balaban J connectivity index is 1.55. The number of hydrazone groups is 1. The highest BCUT2D eigenvalue weighted by Crippen LogP contribution is 2.36. The van der Waals surface area contributed by atoms with E-state index in [1.165, 1.54) is 6.21 Å². The molecule has 1 amide bonds.